The summed E-state index contributed by atoms with van der Waals surface area (Å²) in [5.74, 6) is -0.332. The fraction of sp³-hybridized carbons (Fsp3) is 0.111. The molecule has 0 aliphatic carbocycles. The van der Waals surface area contributed by atoms with Gasteiger partial charge < -0.3 is 0 Å². The zero-order valence-electron chi connectivity index (χ0n) is 14.2. The van der Waals surface area contributed by atoms with E-state index in [1.807, 2.05) is 31.4 Å². The number of thiazole rings is 1. The molecule has 26 heavy (non-hydrogen) atoms. The van der Waals surface area contributed by atoms with Gasteiger partial charge in [-0.15, -0.1) is 11.3 Å². The monoisotopic (exact) mass is 387 g/mol. The zero-order chi connectivity index (χ0) is 18.9. The van der Waals surface area contributed by atoms with Gasteiger partial charge in [0.25, 0.3) is 5.91 Å². The van der Waals surface area contributed by atoms with Gasteiger partial charge in [-0.05, 0) is 50.2 Å². The molecule has 1 heterocycles. The van der Waals surface area contributed by atoms with Crippen molar-refractivity contribution in [3.05, 3.63) is 75.5 Å². The van der Waals surface area contributed by atoms with Crippen molar-refractivity contribution in [1.29, 1.82) is 0 Å². The van der Waals surface area contributed by atoms with Crippen LogP contribution in [0.3, 0.4) is 0 Å². The molecular weight excluding hydrogens is 370 g/mol. The number of aromatic nitrogens is 1. The Morgan fingerprint density at radius 2 is 1.65 bits per heavy atom. The van der Waals surface area contributed by atoms with Gasteiger partial charge in [-0.25, -0.2) is 13.6 Å². The number of rotatable bonds is 3. The normalized spacial score (nSPS) is 12.3. The first-order valence-electron chi connectivity index (χ1n) is 7.72. The second-order valence-corrected chi connectivity index (χ2v) is 8.21. The highest BCUT2D eigenvalue weighted by Crippen LogP contribution is 2.15. The Balaban J connectivity index is 2.04. The van der Waals surface area contributed by atoms with Crippen LogP contribution >= 0.6 is 11.3 Å². The van der Waals surface area contributed by atoms with Crippen LogP contribution in [0.5, 0.6) is 0 Å². The molecule has 0 atom stereocenters. The smallest absolute Gasteiger partial charge is 0.279 e. The molecule has 0 fully saturated rings. The maximum atomic E-state index is 12.4. The Morgan fingerprint density at radius 1 is 1.04 bits per heavy atom. The zero-order valence-corrected chi connectivity index (χ0v) is 15.8. The van der Waals surface area contributed by atoms with Gasteiger partial charge >= 0.3 is 0 Å². The number of hydrogen-bond donors (Lipinski definition) is 1. The highest BCUT2D eigenvalue weighted by molar-refractivity contribution is 7.89. The van der Waals surface area contributed by atoms with Crippen LogP contribution < -0.4 is 9.94 Å². The predicted molar refractivity (Wildman–Crippen MR) is 101 cm³/mol. The van der Waals surface area contributed by atoms with Crippen molar-refractivity contribution < 1.29 is 13.2 Å². The van der Waals surface area contributed by atoms with Gasteiger partial charge in [-0.1, -0.05) is 17.7 Å². The molecule has 1 aromatic heterocycles. The summed E-state index contributed by atoms with van der Waals surface area (Å²) in [7, 11) is -3.75. The highest BCUT2D eigenvalue weighted by Gasteiger charge is 2.11. The molecule has 0 spiro atoms. The number of nitrogens with two attached hydrogens (primary N) is 1. The fourth-order valence-corrected chi connectivity index (χ4v) is 3.80. The van der Waals surface area contributed by atoms with E-state index in [1.165, 1.54) is 23.5 Å². The van der Waals surface area contributed by atoms with Gasteiger partial charge in [-0.3, -0.25) is 9.36 Å². The number of hydrogen-bond acceptors (Lipinski definition) is 4. The first kappa shape index (κ1) is 18.2. The highest BCUT2D eigenvalue weighted by atomic mass is 32.2. The van der Waals surface area contributed by atoms with E-state index in [-0.39, 0.29) is 10.8 Å². The third-order valence-electron chi connectivity index (χ3n) is 3.80. The SMILES string of the molecule is Cc1ccc(C(=O)N=c2scc(C)n2-c2ccc(S(N)(=O)=O)cc2)cc1. The molecule has 0 aliphatic heterocycles. The third-order valence-corrected chi connectivity index (χ3v) is 5.67. The molecule has 0 radical (unpaired) electrons. The molecule has 134 valence electrons. The summed E-state index contributed by atoms with van der Waals surface area (Å²) in [5, 5.41) is 7.01. The van der Waals surface area contributed by atoms with Gasteiger partial charge in [0.1, 0.15) is 0 Å². The van der Waals surface area contributed by atoms with E-state index in [0.29, 0.717) is 16.1 Å². The Labute approximate surface area is 155 Å². The summed E-state index contributed by atoms with van der Waals surface area (Å²) in [6.07, 6.45) is 0. The molecular formula is C18H17N3O3S2. The number of amides is 1. The average molecular weight is 387 g/mol. The average Bonchev–Trinajstić information content (AvgIpc) is 2.95. The summed E-state index contributed by atoms with van der Waals surface area (Å²) in [4.78, 5) is 17.2. The lowest BCUT2D eigenvalue weighted by Crippen LogP contribution is -2.17. The summed E-state index contributed by atoms with van der Waals surface area (Å²) in [6, 6.07) is 13.3. The molecule has 3 aromatic rings. The third kappa shape index (κ3) is 3.82. The largest absolute Gasteiger partial charge is 0.290 e. The molecule has 0 bridgehead atoms. The van der Waals surface area contributed by atoms with Crippen LogP contribution in [0.15, 0.2) is 63.8 Å². The van der Waals surface area contributed by atoms with Crippen molar-refractivity contribution >= 4 is 27.3 Å². The molecule has 2 N–H and O–H groups in total. The van der Waals surface area contributed by atoms with E-state index in [9.17, 15) is 13.2 Å². The van der Waals surface area contributed by atoms with Gasteiger partial charge in [0, 0.05) is 22.3 Å². The van der Waals surface area contributed by atoms with Crippen LogP contribution in [0.25, 0.3) is 5.69 Å². The molecule has 0 saturated heterocycles. The molecule has 2 aromatic carbocycles. The maximum Gasteiger partial charge on any atom is 0.279 e. The summed E-state index contributed by atoms with van der Waals surface area (Å²) in [5.41, 5.74) is 3.16. The number of nitrogens with zero attached hydrogens (tertiary/aromatic N) is 2. The van der Waals surface area contributed by atoms with Crippen molar-refractivity contribution in [1.82, 2.24) is 4.57 Å². The summed E-state index contributed by atoms with van der Waals surface area (Å²) in [6.45, 7) is 3.84. The minimum atomic E-state index is -3.75. The van der Waals surface area contributed by atoms with Gasteiger partial charge in [0.2, 0.25) is 10.0 Å². The number of sulfonamides is 1. The van der Waals surface area contributed by atoms with Crippen molar-refractivity contribution in [3.8, 4) is 5.69 Å². The second kappa shape index (κ2) is 6.99. The van der Waals surface area contributed by atoms with E-state index < -0.39 is 10.0 Å². The molecule has 3 rings (SSSR count). The van der Waals surface area contributed by atoms with Crippen LogP contribution in [0.4, 0.5) is 0 Å². The first-order valence-corrected chi connectivity index (χ1v) is 10.1. The maximum absolute atomic E-state index is 12.4. The van der Waals surface area contributed by atoms with E-state index >= 15 is 0 Å². The number of benzene rings is 2. The molecule has 0 aliphatic rings. The fourth-order valence-electron chi connectivity index (χ4n) is 2.42. The van der Waals surface area contributed by atoms with Gasteiger partial charge in [-0.2, -0.15) is 4.99 Å². The molecule has 1 amide bonds. The topological polar surface area (TPSA) is 94.5 Å². The molecule has 6 nitrogen and oxygen atoms in total. The lowest BCUT2D eigenvalue weighted by molar-refractivity contribution is 0.0998. The van der Waals surface area contributed by atoms with Crippen molar-refractivity contribution in [3.63, 3.8) is 0 Å². The van der Waals surface area contributed by atoms with Crippen LogP contribution in [0, 0.1) is 13.8 Å². The van der Waals surface area contributed by atoms with E-state index in [1.54, 1.807) is 28.8 Å². The van der Waals surface area contributed by atoms with E-state index in [0.717, 1.165) is 11.3 Å². The number of primary sulfonamides is 1. The van der Waals surface area contributed by atoms with Gasteiger partial charge in [0.05, 0.1) is 4.90 Å². The van der Waals surface area contributed by atoms with Crippen LogP contribution in [0.1, 0.15) is 21.6 Å². The Hall–Kier alpha value is -2.55. The molecule has 0 unspecified atom stereocenters. The van der Waals surface area contributed by atoms with Crippen molar-refractivity contribution in [2.75, 3.05) is 0 Å². The Morgan fingerprint density at radius 3 is 2.23 bits per heavy atom. The number of carbonyl (C=O) groups is 1. The van der Waals surface area contributed by atoms with Crippen LogP contribution in [0.2, 0.25) is 0 Å². The molecule has 8 heteroatoms. The second-order valence-electron chi connectivity index (χ2n) is 5.82. The lowest BCUT2D eigenvalue weighted by atomic mass is 10.1. The number of aryl methyl sites for hydroxylation is 2. The van der Waals surface area contributed by atoms with Crippen molar-refractivity contribution in [2.24, 2.45) is 10.1 Å². The summed E-state index contributed by atoms with van der Waals surface area (Å²) < 4.78 is 24.6. The first-order chi connectivity index (χ1) is 12.3. The van der Waals surface area contributed by atoms with Crippen molar-refractivity contribution in [2.45, 2.75) is 18.7 Å². The predicted octanol–water partition coefficient (Wildman–Crippen LogP) is 2.54. The van der Waals surface area contributed by atoms with E-state index in [2.05, 4.69) is 4.99 Å². The minimum Gasteiger partial charge on any atom is -0.290 e. The molecule has 0 saturated carbocycles. The number of carbonyl (C=O) groups excluding carboxylic acids is 1. The standard InChI is InChI=1S/C18H17N3O3S2/c1-12-3-5-14(6-4-12)17(22)20-18-21(13(2)11-25-18)15-7-9-16(10-8-15)26(19,23)24/h3-11H,1-2H3,(H2,19,23,24). The quantitative estimate of drug-likeness (QED) is 0.748. The lowest BCUT2D eigenvalue weighted by Gasteiger charge is -2.07. The minimum absolute atomic E-state index is 0.0314. The van der Waals surface area contributed by atoms with Crippen LogP contribution in [-0.4, -0.2) is 18.9 Å². The van der Waals surface area contributed by atoms with E-state index in [4.69, 9.17) is 5.14 Å². The van der Waals surface area contributed by atoms with Crippen LogP contribution in [-0.2, 0) is 10.0 Å². The van der Waals surface area contributed by atoms with Gasteiger partial charge in [0.15, 0.2) is 4.80 Å². The summed E-state index contributed by atoms with van der Waals surface area (Å²) >= 11 is 1.34. The Bertz CT molecular complexity index is 1120. The Kier molecular flexibility index (Phi) is 4.90.